The van der Waals surface area contributed by atoms with Crippen LogP contribution in [0.1, 0.15) is 45.4 Å². The van der Waals surface area contributed by atoms with Crippen LogP contribution in [0.15, 0.2) is 6.07 Å². The van der Waals surface area contributed by atoms with Crippen molar-refractivity contribution >= 4 is 17.4 Å². The lowest BCUT2D eigenvalue weighted by Gasteiger charge is -2.13. The van der Waals surface area contributed by atoms with Gasteiger partial charge in [-0.15, -0.1) is 0 Å². The molecular weight excluding hydrogens is 234 g/mol. The molecule has 1 aliphatic carbocycles. The molecule has 0 aromatic carbocycles. The summed E-state index contributed by atoms with van der Waals surface area (Å²) in [6.07, 6.45) is 2.76. The molecule has 0 saturated heterocycles. The molecule has 0 radical (unpaired) electrons. The van der Waals surface area contributed by atoms with Gasteiger partial charge in [0, 0.05) is 18.5 Å². The maximum atomic E-state index is 5.99. The molecule has 1 heterocycles. The van der Waals surface area contributed by atoms with Crippen molar-refractivity contribution < 1.29 is 0 Å². The van der Waals surface area contributed by atoms with Crippen LogP contribution < -0.4 is 5.32 Å². The van der Waals surface area contributed by atoms with Crippen molar-refractivity contribution in [2.24, 2.45) is 11.8 Å². The Kier molecular flexibility index (Phi) is 3.87. The van der Waals surface area contributed by atoms with Crippen molar-refractivity contribution in [3.63, 3.8) is 0 Å². The first-order chi connectivity index (χ1) is 8.06. The van der Waals surface area contributed by atoms with E-state index in [0.717, 1.165) is 24.1 Å². The van der Waals surface area contributed by atoms with Crippen molar-refractivity contribution in [2.75, 3.05) is 11.9 Å². The average Bonchev–Trinajstić information content (AvgIpc) is 3.08. The molecule has 0 spiro atoms. The van der Waals surface area contributed by atoms with Crippen LogP contribution >= 0.6 is 11.6 Å². The van der Waals surface area contributed by atoms with Crippen LogP contribution in [0.4, 0.5) is 5.82 Å². The fourth-order valence-electron chi connectivity index (χ4n) is 1.88. The predicted octanol–water partition coefficient (Wildman–Crippen LogP) is 3.71. The number of hydrogen-bond acceptors (Lipinski definition) is 3. The highest BCUT2D eigenvalue weighted by molar-refractivity contribution is 6.29. The molecule has 1 aromatic rings. The summed E-state index contributed by atoms with van der Waals surface area (Å²) in [5, 5.41) is 3.89. The minimum Gasteiger partial charge on any atom is -0.370 e. The molecule has 3 nitrogen and oxygen atoms in total. The van der Waals surface area contributed by atoms with Crippen molar-refractivity contribution in [3.05, 3.63) is 17.0 Å². The summed E-state index contributed by atoms with van der Waals surface area (Å²) in [7, 11) is 0. The maximum Gasteiger partial charge on any atom is 0.135 e. The van der Waals surface area contributed by atoms with Crippen LogP contribution in [0.5, 0.6) is 0 Å². The molecular formula is C13H20ClN3. The zero-order chi connectivity index (χ0) is 12.4. The first-order valence-corrected chi connectivity index (χ1v) is 6.72. The number of nitrogens with zero attached hydrogens (tertiary/aromatic N) is 2. The third kappa shape index (κ3) is 3.56. The van der Waals surface area contributed by atoms with Gasteiger partial charge in [-0.1, -0.05) is 32.4 Å². The number of anilines is 1. The van der Waals surface area contributed by atoms with Gasteiger partial charge in [-0.3, -0.25) is 0 Å². The van der Waals surface area contributed by atoms with E-state index >= 15 is 0 Å². The Balaban J connectivity index is 1.99. The number of rotatable bonds is 5. The number of aromatic nitrogens is 2. The Hall–Kier alpha value is -0.830. The molecule has 1 fully saturated rings. The van der Waals surface area contributed by atoms with E-state index in [1.807, 2.05) is 0 Å². The Morgan fingerprint density at radius 1 is 1.35 bits per heavy atom. The van der Waals surface area contributed by atoms with Crippen molar-refractivity contribution in [2.45, 2.75) is 39.5 Å². The molecule has 1 N–H and O–H groups in total. The summed E-state index contributed by atoms with van der Waals surface area (Å²) in [5.41, 5.74) is 0. The van der Waals surface area contributed by atoms with E-state index in [0.29, 0.717) is 17.0 Å². The van der Waals surface area contributed by atoms with Crippen LogP contribution in [0.2, 0.25) is 5.15 Å². The Morgan fingerprint density at radius 3 is 2.65 bits per heavy atom. The highest BCUT2D eigenvalue weighted by Crippen LogP contribution is 2.36. The zero-order valence-electron chi connectivity index (χ0n) is 10.7. The zero-order valence-corrected chi connectivity index (χ0v) is 11.5. The lowest BCUT2D eigenvalue weighted by molar-refractivity contribution is 0.535. The third-order valence-electron chi connectivity index (χ3n) is 3.26. The summed E-state index contributed by atoms with van der Waals surface area (Å²) in [6.45, 7) is 7.40. The Bertz CT molecular complexity index is 388. The van der Waals surface area contributed by atoms with Gasteiger partial charge in [0.1, 0.15) is 16.8 Å². The van der Waals surface area contributed by atoms with Crippen LogP contribution in [0.3, 0.4) is 0 Å². The standard InChI is InChI=1S/C13H20ClN3/c1-8(2)13-16-11(14)6-12(17-13)15-7-9(3)10-4-5-10/h6,8-10H,4-5,7H2,1-3H3,(H,15,16,17). The molecule has 17 heavy (non-hydrogen) atoms. The van der Waals surface area contributed by atoms with E-state index in [9.17, 15) is 0 Å². The van der Waals surface area contributed by atoms with Crippen LogP contribution in [-0.2, 0) is 0 Å². The highest BCUT2D eigenvalue weighted by atomic mass is 35.5. The minimum absolute atomic E-state index is 0.301. The Morgan fingerprint density at radius 2 is 2.06 bits per heavy atom. The second-order valence-corrected chi connectivity index (χ2v) is 5.67. The second kappa shape index (κ2) is 5.21. The number of hydrogen-bond donors (Lipinski definition) is 1. The third-order valence-corrected chi connectivity index (χ3v) is 3.45. The largest absolute Gasteiger partial charge is 0.370 e. The SMILES string of the molecule is CC(C)c1nc(Cl)cc(NCC(C)C2CC2)n1. The van der Waals surface area contributed by atoms with E-state index in [2.05, 4.69) is 36.1 Å². The molecule has 1 unspecified atom stereocenters. The fourth-order valence-corrected chi connectivity index (χ4v) is 2.07. The van der Waals surface area contributed by atoms with Gasteiger partial charge in [0.05, 0.1) is 0 Å². The van der Waals surface area contributed by atoms with E-state index in [1.165, 1.54) is 12.8 Å². The average molecular weight is 254 g/mol. The van der Waals surface area contributed by atoms with Crippen LogP contribution in [0.25, 0.3) is 0 Å². The summed E-state index contributed by atoms with van der Waals surface area (Å²) in [5.74, 6) is 3.57. The van der Waals surface area contributed by atoms with Gasteiger partial charge in [-0.05, 0) is 24.7 Å². The molecule has 0 amide bonds. The quantitative estimate of drug-likeness (QED) is 0.813. The van der Waals surface area contributed by atoms with Crippen LogP contribution in [-0.4, -0.2) is 16.5 Å². The normalized spacial score (nSPS) is 17.2. The maximum absolute atomic E-state index is 5.99. The van der Waals surface area contributed by atoms with Gasteiger partial charge in [0.25, 0.3) is 0 Å². The molecule has 1 saturated carbocycles. The minimum atomic E-state index is 0.301. The van der Waals surface area contributed by atoms with Crippen molar-refractivity contribution in [1.82, 2.24) is 9.97 Å². The number of nitrogens with one attached hydrogen (secondary N) is 1. The molecule has 1 aliphatic rings. The van der Waals surface area contributed by atoms with Crippen molar-refractivity contribution in [3.8, 4) is 0 Å². The van der Waals surface area contributed by atoms with Gasteiger partial charge in [0.15, 0.2) is 0 Å². The van der Waals surface area contributed by atoms with Gasteiger partial charge >= 0.3 is 0 Å². The lowest BCUT2D eigenvalue weighted by Crippen LogP contribution is -2.14. The molecule has 2 rings (SSSR count). The molecule has 1 atom stereocenters. The van der Waals surface area contributed by atoms with Crippen LogP contribution in [0, 0.1) is 11.8 Å². The summed E-state index contributed by atoms with van der Waals surface area (Å²) < 4.78 is 0. The topological polar surface area (TPSA) is 37.8 Å². The molecule has 1 aromatic heterocycles. The van der Waals surface area contributed by atoms with E-state index in [1.54, 1.807) is 6.07 Å². The predicted molar refractivity (Wildman–Crippen MR) is 71.5 cm³/mol. The molecule has 94 valence electrons. The van der Waals surface area contributed by atoms with E-state index in [4.69, 9.17) is 11.6 Å². The van der Waals surface area contributed by atoms with Gasteiger partial charge in [-0.25, -0.2) is 9.97 Å². The van der Waals surface area contributed by atoms with E-state index < -0.39 is 0 Å². The molecule has 4 heteroatoms. The van der Waals surface area contributed by atoms with E-state index in [-0.39, 0.29) is 0 Å². The number of halogens is 1. The fraction of sp³-hybridized carbons (Fsp3) is 0.692. The molecule has 0 aliphatic heterocycles. The summed E-state index contributed by atoms with van der Waals surface area (Å²) in [4.78, 5) is 8.70. The van der Waals surface area contributed by atoms with Gasteiger partial charge in [0.2, 0.25) is 0 Å². The monoisotopic (exact) mass is 253 g/mol. The highest BCUT2D eigenvalue weighted by Gasteiger charge is 2.27. The smallest absolute Gasteiger partial charge is 0.135 e. The Labute approximate surface area is 108 Å². The molecule has 0 bridgehead atoms. The first kappa shape index (κ1) is 12.6. The summed E-state index contributed by atoms with van der Waals surface area (Å²) >= 11 is 5.99. The first-order valence-electron chi connectivity index (χ1n) is 6.34. The van der Waals surface area contributed by atoms with Gasteiger partial charge < -0.3 is 5.32 Å². The lowest BCUT2D eigenvalue weighted by atomic mass is 10.1. The second-order valence-electron chi connectivity index (χ2n) is 5.28. The van der Waals surface area contributed by atoms with Gasteiger partial charge in [-0.2, -0.15) is 0 Å². The van der Waals surface area contributed by atoms with Crippen molar-refractivity contribution in [1.29, 1.82) is 0 Å². The summed E-state index contributed by atoms with van der Waals surface area (Å²) in [6, 6.07) is 1.80.